The summed E-state index contributed by atoms with van der Waals surface area (Å²) in [5.74, 6) is -8.57. The number of carbonyl (C=O) groups is 6. The highest BCUT2D eigenvalue weighted by atomic mass is 28.4. The van der Waals surface area contributed by atoms with Crippen molar-refractivity contribution < 1.29 is 74.9 Å². The highest BCUT2D eigenvalue weighted by Gasteiger charge is 2.80. The summed E-state index contributed by atoms with van der Waals surface area (Å²) in [6.07, 6.45) is -1.71. The number of ketones is 2. The van der Waals surface area contributed by atoms with E-state index in [0.29, 0.717) is 18.1 Å². The van der Waals surface area contributed by atoms with Gasteiger partial charge in [0.1, 0.15) is 42.0 Å². The summed E-state index contributed by atoms with van der Waals surface area (Å²) in [5, 5.41) is 17.1. The second-order valence-electron chi connectivity index (χ2n) is 22.7. The number of fused-ring (bicyclic) bond motifs is 5. The lowest BCUT2D eigenvalue weighted by Crippen LogP contribution is -2.83. The summed E-state index contributed by atoms with van der Waals surface area (Å²) in [5.41, 5.74) is -7.71. The Balaban J connectivity index is 1.43. The van der Waals surface area contributed by atoms with Crippen LogP contribution in [0.4, 0.5) is 0 Å². The van der Waals surface area contributed by atoms with Crippen LogP contribution in [-0.2, 0) is 47.0 Å². The average molecular weight is 1050 g/mol. The first-order valence-corrected chi connectivity index (χ1v) is 30.7. The van der Waals surface area contributed by atoms with E-state index < -0.39 is 135 Å². The number of Topliss-reactive ketones (excluding diaryl/α,β-unsaturated/α-hetero) is 2. The van der Waals surface area contributed by atoms with E-state index in [1.54, 1.807) is 45.9 Å². The van der Waals surface area contributed by atoms with E-state index in [-0.39, 0.29) is 46.7 Å². The number of nitrogens with one attached hydrogen (secondary N) is 1. The van der Waals surface area contributed by atoms with Crippen LogP contribution in [0.2, 0.25) is 34.8 Å². The number of carbonyl (C=O) groups excluding carboxylic acids is 6. The minimum Gasteiger partial charge on any atom is -0.472 e. The molecule has 3 saturated carbocycles. The van der Waals surface area contributed by atoms with E-state index in [1.807, 2.05) is 62.3 Å². The van der Waals surface area contributed by atoms with Crippen molar-refractivity contribution in [1.82, 2.24) is 5.32 Å². The fourth-order valence-corrected chi connectivity index (χ4v) is 22.2. The summed E-state index contributed by atoms with van der Waals surface area (Å²) in [4.78, 5) is 89.4. The Morgan fingerprint density at radius 2 is 1.51 bits per heavy atom. The number of esters is 3. The molecule has 3 aromatic rings. The lowest BCUT2D eigenvalue weighted by Gasteiger charge is -2.68. The Morgan fingerprint density at radius 1 is 0.877 bits per heavy atom. The predicted molar refractivity (Wildman–Crippen MR) is 270 cm³/mol. The molecule has 2 unspecified atom stereocenters. The topological polar surface area (TPSA) is 229 Å². The van der Waals surface area contributed by atoms with E-state index in [2.05, 4.69) is 5.32 Å². The van der Waals surface area contributed by atoms with Gasteiger partial charge in [-0.05, 0) is 72.0 Å². The zero-order valence-corrected chi connectivity index (χ0v) is 46.9. The molecule has 4 fully saturated rings. The van der Waals surface area contributed by atoms with Crippen molar-refractivity contribution in [2.24, 2.45) is 28.6 Å². The van der Waals surface area contributed by atoms with Gasteiger partial charge in [-0.25, -0.2) is 9.59 Å². The number of rotatable bonds is 19. The standard InChI is InChI=1S/C54H77NO16Si2/c1-15-72(16-2,17-3)70-39-26-40-53(29-66-40,69-34(11)56)45-47(68-49(60)35-22-25-63-28-35)54(62)27-38(33(10)41(51(54,12)13)43(57)46(58)52(39,45)14)67-50(61)44(71-73(30(4)5,31(6)7)32(8)9)42(36-20-18-23-64-36)55-48(59)37-21-19-24-65-37/h18-25,28,30-33,38-42,44-45,47,62H,15-17,26-27,29H2,1-14H3,(H,55,59)/t33?,38-,39-,40+,41?,42-,44+,45-,47-,52+,53-,54+/m0/s1. The Labute approximate surface area is 430 Å². The minimum atomic E-state index is -3.06. The molecule has 17 nitrogen and oxygen atoms in total. The summed E-state index contributed by atoms with van der Waals surface area (Å²) in [6, 6.07) is 8.44. The zero-order valence-electron chi connectivity index (χ0n) is 44.9. The van der Waals surface area contributed by atoms with E-state index in [1.165, 1.54) is 44.1 Å². The van der Waals surface area contributed by atoms with Gasteiger partial charge in [-0.2, -0.15) is 0 Å². The Bertz CT molecular complexity index is 2430. The first kappa shape index (κ1) is 56.1. The van der Waals surface area contributed by atoms with Crippen molar-refractivity contribution in [3.05, 3.63) is 72.5 Å². The third-order valence-corrected chi connectivity index (χ3v) is 28.7. The number of furan rings is 3. The van der Waals surface area contributed by atoms with Crippen molar-refractivity contribution >= 4 is 52.0 Å². The molecule has 3 aromatic heterocycles. The molecule has 7 rings (SSSR count). The number of amides is 1. The molecule has 0 spiro atoms. The highest BCUT2D eigenvalue weighted by molar-refractivity contribution is 6.77. The molecule has 0 radical (unpaired) electrons. The molecule has 4 aliphatic rings. The maximum atomic E-state index is 16.0. The van der Waals surface area contributed by atoms with Gasteiger partial charge in [0.05, 0.1) is 48.4 Å². The van der Waals surface area contributed by atoms with Crippen molar-refractivity contribution in [3.63, 3.8) is 0 Å². The summed E-state index contributed by atoms with van der Waals surface area (Å²) < 4.78 is 57.1. The van der Waals surface area contributed by atoms with Crippen LogP contribution in [-0.4, -0.2) is 105 Å². The quantitative estimate of drug-likeness (QED) is 0.0493. The number of ether oxygens (including phenoxy) is 4. The lowest BCUT2D eigenvalue weighted by atomic mass is 9.42. The van der Waals surface area contributed by atoms with Gasteiger partial charge in [-0.3, -0.25) is 19.2 Å². The average Bonchev–Trinajstić information content (AvgIpc) is 4.17. The normalized spacial score (nSPS) is 30.8. The van der Waals surface area contributed by atoms with Gasteiger partial charge in [0, 0.05) is 37.0 Å². The Morgan fingerprint density at radius 3 is 2.01 bits per heavy atom. The van der Waals surface area contributed by atoms with E-state index in [4.69, 9.17) is 41.1 Å². The van der Waals surface area contributed by atoms with E-state index in [0.717, 1.165) is 0 Å². The molecule has 1 aliphatic heterocycles. The van der Waals surface area contributed by atoms with Crippen molar-refractivity contribution in [2.45, 2.75) is 192 Å². The highest BCUT2D eigenvalue weighted by Crippen LogP contribution is 2.65. The van der Waals surface area contributed by atoms with Crippen LogP contribution < -0.4 is 5.32 Å². The van der Waals surface area contributed by atoms with Crippen LogP contribution in [0.25, 0.3) is 0 Å². The first-order chi connectivity index (χ1) is 34.3. The van der Waals surface area contributed by atoms with E-state index >= 15 is 14.4 Å². The van der Waals surface area contributed by atoms with Crippen LogP contribution in [0.5, 0.6) is 0 Å². The maximum absolute atomic E-state index is 16.0. The molecule has 1 saturated heterocycles. The second-order valence-corrected chi connectivity index (χ2v) is 32.8. The van der Waals surface area contributed by atoms with Gasteiger partial charge in [0.2, 0.25) is 19.9 Å². The molecule has 2 bridgehead atoms. The SMILES string of the molecule is CC[Si](CC)(CC)O[C@H]1C[C@H]2OC[C@@]2(OC(C)=O)[C@H]2[C@H](OC(=O)c3ccoc3)[C@]3(O)C[C@H](OC(=O)[C@H](O[Si](C(C)C)(C(C)C)C(C)C)[C@@H](NC(=O)c4ccco4)c4ccco4)C(C)C(C(=O)C(=O)[C@]12C)C3(C)C. The molecule has 2 N–H and O–H groups in total. The number of hydrogen-bond acceptors (Lipinski definition) is 16. The molecule has 19 heteroatoms. The summed E-state index contributed by atoms with van der Waals surface area (Å²) in [7, 11) is -5.69. The van der Waals surface area contributed by atoms with Crippen LogP contribution in [0.15, 0.2) is 68.6 Å². The fraction of sp³-hybridized carbons (Fsp3) is 0.667. The molecule has 402 valence electrons. The monoisotopic (exact) mass is 1050 g/mol. The minimum absolute atomic E-state index is 0.00846. The zero-order chi connectivity index (χ0) is 53.8. The molecule has 12 atom stereocenters. The number of aliphatic hydroxyl groups is 1. The Kier molecular flexibility index (Phi) is 16.0. The van der Waals surface area contributed by atoms with Gasteiger partial charge in [-0.15, -0.1) is 0 Å². The lowest BCUT2D eigenvalue weighted by molar-refractivity contribution is -0.348. The number of hydrogen-bond donors (Lipinski definition) is 2. The fourth-order valence-electron chi connectivity index (χ4n) is 13.8. The van der Waals surface area contributed by atoms with Crippen molar-refractivity contribution in [1.29, 1.82) is 0 Å². The van der Waals surface area contributed by atoms with Gasteiger partial charge >= 0.3 is 17.9 Å². The van der Waals surface area contributed by atoms with Crippen LogP contribution in [0, 0.1) is 28.6 Å². The third-order valence-electron chi connectivity index (χ3n) is 18.0. The van der Waals surface area contributed by atoms with Crippen LogP contribution in [0.1, 0.15) is 142 Å². The van der Waals surface area contributed by atoms with Crippen molar-refractivity contribution in [2.75, 3.05) is 6.61 Å². The molecule has 0 aromatic carbocycles. The summed E-state index contributed by atoms with van der Waals surface area (Å²) >= 11 is 0. The molecular formula is C54H77NO16Si2. The van der Waals surface area contributed by atoms with Gasteiger partial charge in [0.15, 0.2) is 25.8 Å². The van der Waals surface area contributed by atoms with Crippen LogP contribution >= 0.6 is 0 Å². The summed E-state index contributed by atoms with van der Waals surface area (Å²) in [6.45, 7) is 26.0. The van der Waals surface area contributed by atoms with Gasteiger partial charge < -0.3 is 51.5 Å². The first-order valence-electron chi connectivity index (χ1n) is 26.1. The Hall–Kier alpha value is -4.67. The molecule has 4 heterocycles. The smallest absolute Gasteiger partial charge is 0.341 e. The van der Waals surface area contributed by atoms with Crippen molar-refractivity contribution in [3.8, 4) is 0 Å². The van der Waals surface area contributed by atoms with Gasteiger partial charge in [0.25, 0.3) is 5.91 Å². The molecular weight excluding hydrogens is 975 g/mol. The largest absolute Gasteiger partial charge is 0.472 e. The molecule has 73 heavy (non-hydrogen) atoms. The second kappa shape index (κ2) is 20.8. The predicted octanol–water partition coefficient (Wildman–Crippen LogP) is 9.32. The maximum Gasteiger partial charge on any atom is 0.341 e. The van der Waals surface area contributed by atoms with Gasteiger partial charge in [-0.1, -0.05) is 83.1 Å². The third kappa shape index (κ3) is 9.24. The molecule has 1 amide bonds. The molecule has 3 aliphatic carbocycles. The van der Waals surface area contributed by atoms with E-state index in [9.17, 15) is 19.5 Å². The van der Waals surface area contributed by atoms with Crippen LogP contribution in [0.3, 0.4) is 0 Å².